The molecule has 0 aliphatic carbocycles. The van der Waals surface area contributed by atoms with E-state index in [0.29, 0.717) is 5.56 Å². The van der Waals surface area contributed by atoms with E-state index in [1.165, 1.54) is 12.1 Å². The maximum Gasteiger partial charge on any atom is 0.416 e. The van der Waals surface area contributed by atoms with Crippen molar-refractivity contribution < 1.29 is 22.5 Å². The van der Waals surface area contributed by atoms with Gasteiger partial charge < -0.3 is 10.8 Å². The van der Waals surface area contributed by atoms with Crippen molar-refractivity contribution in [1.82, 2.24) is 0 Å². The number of rotatable bonds is 2. The summed E-state index contributed by atoms with van der Waals surface area (Å²) >= 11 is 0. The molecule has 2 aromatic carbocycles. The minimum Gasteiger partial charge on any atom is -0.506 e. The summed E-state index contributed by atoms with van der Waals surface area (Å²) in [5.41, 5.74) is 5.50. The molecule has 0 amide bonds. The van der Waals surface area contributed by atoms with Crippen LogP contribution in [0.4, 0.5) is 13.2 Å². The Hall–Kier alpha value is -2.54. The maximum atomic E-state index is 12.9. The molecule has 0 bridgehead atoms. The Morgan fingerprint density at radius 2 is 1.58 bits per heavy atom. The summed E-state index contributed by atoms with van der Waals surface area (Å²) in [6.45, 7) is 0. The Kier molecular flexibility index (Phi) is 3.96. The van der Waals surface area contributed by atoms with Gasteiger partial charge in [-0.3, -0.25) is 0 Å². The molecule has 0 radical (unpaired) electrons. The zero-order valence-corrected chi connectivity index (χ0v) is 13.0. The van der Waals surface area contributed by atoms with Gasteiger partial charge in [-0.15, -0.1) is 0 Å². The van der Waals surface area contributed by atoms with Crippen molar-refractivity contribution in [2.45, 2.75) is 6.18 Å². The summed E-state index contributed by atoms with van der Waals surface area (Å²) in [5.74, 6) is -0.364. The molecule has 0 saturated heterocycles. The van der Waals surface area contributed by atoms with E-state index in [1.54, 1.807) is 30.3 Å². The highest BCUT2D eigenvalue weighted by Crippen LogP contribution is 2.41. The lowest BCUT2D eigenvalue weighted by atomic mass is 10.0. The van der Waals surface area contributed by atoms with E-state index in [9.17, 15) is 22.5 Å². The van der Waals surface area contributed by atoms with E-state index in [1.807, 2.05) is 0 Å². The van der Waals surface area contributed by atoms with Crippen molar-refractivity contribution >= 4 is 21.3 Å². The fourth-order valence-corrected chi connectivity index (χ4v) is 3.73. The van der Waals surface area contributed by atoms with Crippen LogP contribution in [0.15, 0.2) is 65.4 Å². The van der Waals surface area contributed by atoms with Gasteiger partial charge in [0.1, 0.15) is 21.6 Å². The highest BCUT2D eigenvalue weighted by molar-refractivity contribution is 7.98. The molecule has 0 spiro atoms. The number of benzene rings is 2. The highest BCUT2D eigenvalue weighted by atomic mass is 32.2. The predicted molar refractivity (Wildman–Crippen MR) is 86.7 cm³/mol. The third-order valence-corrected chi connectivity index (χ3v) is 5.00. The number of aliphatic hydroxyl groups is 1. The van der Waals surface area contributed by atoms with Crippen LogP contribution in [0.5, 0.6) is 0 Å². The van der Waals surface area contributed by atoms with Crippen LogP contribution in [0.2, 0.25) is 0 Å². The van der Waals surface area contributed by atoms with E-state index in [0.717, 1.165) is 12.1 Å². The molecule has 0 saturated carbocycles. The van der Waals surface area contributed by atoms with E-state index in [-0.39, 0.29) is 26.8 Å². The van der Waals surface area contributed by atoms with E-state index in [2.05, 4.69) is 0 Å². The van der Waals surface area contributed by atoms with Gasteiger partial charge in [0.25, 0.3) is 0 Å². The van der Waals surface area contributed by atoms with Crippen LogP contribution in [-0.4, -0.2) is 9.32 Å². The smallest absolute Gasteiger partial charge is 0.416 e. The average Bonchev–Trinajstić information content (AvgIpc) is 2.77. The van der Waals surface area contributed by atoms with Crippen molar-refractivity contribution in [3.8, 4) is 0 Å². The number of allylic oxidation sites excluding steroid dienone is 1. The number of hydrogen-bond acceptors (Lipinski definition) is 3. The van der Waals surface area contributed by atoms with Gasteiger partial charge in [0.2, 0.25) is 0 Å². The Morgan fingerprint density at radius 1 is 0.958 bits per heavy atom. The highest BCUT2D eigenvalue weighted by Gasteiger charge is 2.34. The second-order valence-electron chi connectivity index (χ2n) is 5.13. The Balaban J connectivity index is 2.15. The van der Waals surface area contributed by atoms with Crippen LogP contribution in [0, 0.1) is 0 Å². The molecule has 0 aromatic heterocycles. The molecule has 7 heteroatoms. The van der Waals surface area contributed by atoms with Crippen LogP contribution in [0.1, 0.15) is 16.7 Å². The largest absolute Gasteiger partial charge is 0.506 e. The van der Waals surface area contributed by atoms with Crippen molar-refractivity contribution in [3.05, 3.63) is 82.1 Å². The minimum absolute atomic E-state index is 0.0294. The number of hydrogen-bond donors (Lipinski definition) is 2. The number of halogens is 3. The monoisotopic (exact) mass is 351 g/mol. The standard InChI is InChI=1S/C17H12F3NO2S/c18-17(19,20)12-8-4-7-11(9-12)13-14(22)15(24(23)16(13)21)10-5-2-1-3-6-10/h1-9,22H,21H2. The average molecular weight is 351 g/mol. The molecule has 1 atom stereocenters. The van der Waals surface area contributed by atoms with Gasteiger partial charge in [-0.1, -0.05) is 42.5 Å². The molecule has 24 heavy (non-hydrogen) atoms. The third-order valence-electron chi connectivity index (χ3n) is 3.60. The maximum absolute atomic E-state index is 12.9. The molecule has 0 fully saturated rings. The van der Waals surface area contributed by atoms with E-state index >= 15 is 0 Å². The SMILES string of the molecule is NC1=C(c2cccc(C(F)(F)F)c2)C(O)=C(c2ccccc2)S1=O. The first-order valence-electron chi connectivity index (χ1n) is 6.89. The first-order chi connectivity index (χ1) is 11.3. The van der Waals surface area contributed by atoms with Crippen molar-refractivity contribution in [2.24, 2.45) is 5.73 Å². The first kappa shape index (κ1) is 16.3. The lowest BCUT2D eigenvalue weighted by Gasteiger charge is -2.10. The van der Waals surface area contributed by atoms with Crippen LogP contribution >= 0.6 is 0 Å². The first-order valence-corrected chi connectivity index (χ1v) is 8.04. The number of aliphatic hydroxyl groups excluding tert-OH is 1. The van der Waals surface area contributed by atoms with Gasteiger partial charge in [-0.05, 0) is 23.3 Å². The van der Waals surface area contributed by atoms with Gasteiger partial charge in [0.15, 0.2) is 0 Å². The summed E-state index contributed by atoms with van der Waals surface area (Å²) in [6.07, 6.45) is -4.52. The van der Waals surface area contributed by atoms with Gasteiger partial charge in [0, 0.05) is 0 Å². The van der Waals surface area contributed by atoms with Crippen LogP contribution in [-0.2, 0) is 17.0 Å². The quantitative estimate of drug-likeness (QED) is 0.859. The third kappa shape index (κ3) is 2.71. The van der Waals surface area contributed by atoms with Gasteiger partial charge in [0.05, 0.1) is 16.0 Å². The molecule has 1 unspecified atom stereocenters. The fourth-order valence-electron chi connectivity index (χ4n) is 2.48. The van der Waals surface area contributed by atoms with E-state index in [4.69, 9.17) is 5.73 Å². The molecule has 124 valence electrons. The van der Waals surface area contributed by atoms with Crippen molar-refractivity contribution in [3.63, 3.8) is 0 Å². The molecular weight excluding hydrogens is 339 g/mol. The molecule has 1 heterocycles. The second-order valence-corrected chi connectivity index (χ2v) is 6.52. The zero-order valence-electron chi connectivity index (χ0n) is 12.2. The van der Waals surface area contributed by atoms with E-state index < -0.39 is 22.5 Å². The van der Waals surface area contributed by atoms with Gasteiger partial charge >= 0.3 is 6.18 Å². The van der Waals surface area contributed by atoms with Crippen molar-refractivity contribution in [2.75, 3.05) is 0 Å². The molecule has 2 aromatic rings. The molecule has 3 N–H and O–H groups in total. The number of alkyl halides is 3. The predicted octanol–water partition coefficient (Wildman–Crippen LogP) is 4.02. The summed E-state index contributed by atoms with van der Waals surface area (Å²) in [7, 11) is -1.84. The Labute approximate surface area is 138 Å². The summed E-state index contributed by atoms with van der Waals surface area (Å²) in [5, 5.41) is 10.3. The molecule has 1 aliphatic rings. The normalized spacial score (nSPS) is 18.4. The Bertz CT molecular complexity index is 886. The summed E-state index contributed by atoms with van der Waals surface area (Å²) in [4.78, 5) is 0.0977. The second kappa shape index (κ2) is 5.83. The van der Waals surface area contributed by atoms with Gasteiger partial charge in [-0.2, -0.15) is 13.2 Å². The molecular formula is C17H12F3NO2S. The van der Waals surface area contributed by atoms with Crippen LogP contribution in [0.25, 0.3) is 10.5 Å². The molecule has 1 aliphatic heterocycles. The van der Waals surface area contributed by atoms with Crippen LogP contribution < -0.4 is 5.73 Å². The number of nitrogens with two attached hydrogens (primary N) is 1. The molecule has 3 rings (SSSR count). The molecule has 3 nitrogen and oxygen atoms in total. The minimum atomic E-state index is -4.52. The fraction of sp³-hybridized carbons (Fsp3) is 0.0588. The zero-order chi connectivity index (χ0) is 17.5. The summed E-state index contributed by atoms with van der Waals surface area (Å²) in [6, 6.07) is 12.8. The summed E-state index contributed by atoms with van der Waals surface area (Å²) < 4.78 is 51.1. The lowest BCUT2D eigenvalue weighted by Crippen LogP contribution is -2.07. The van der Waals surface area contributed by atoms with Gasteiger partial charge in [-0.25, -0.2) is 4.21 Å². The van der Waals surface area contributed by atoms with Crippen molar-refractivity contribution in [1.29, 1.82) is 0 Å². The lowest BCUT2D eigenvalue weighted by molar-refractivity contribution is -0.137. The topological polar surface area (TPSA) is 63.3 Å². The Morgan fingerprint density at radius 3 is 2.21 bits per heavy atom. The van der Waals surface area contributed by atoms with Crippen LogP contribution in [0.3, 0.4) is 0 Å².